The molecule has 1 amide bonds. The van der Waals surface area contributed by atoms with Crippen molar-refractivity contribution >= 4 is 39.0 Å². The van der Waals surface area contributed by atoms with E-state index in [2.05, 4.69) is 72.3 Å². The van der Waals surface area contributed by atoms with Gasteiger partial charge in [0.2, 0.25) is 17.1 Å². The minimum absolute atomic E-state index is 0.481. The molecule has 0 spiro atoms. The molecule has 0 unspecified atom stereocenters. The number of carbonyl (C=O) groups excluding carboxylic acids is 1. The summed E-state index contributed by atoms with van der Waals surface area (Å²) in [6.07, 6.45) is 1.06. The molecule has 0 atom stereocenters. The first-order valence-corrected chi connectivity index (χ1v) is 9.37. The van der Waals surface area contributed by atoms with Gasteiger partial charge in [0.15, 0.2) is 0 Å². The zero-order valence-corrected chi connectivity index (χ0v) is 16.4. The molecule has 4 rings (SSSR count). The number of fused-ring (bicyclic) bond motifs is 3. The van der Waals surface area contributed by atoms with Crippen molar-refractivity contribution < 1.29 is 9.36 Å². The number of anilines is 2. The number of nitrogen functional groups attached to an aromatic ring is 2. The Kier molecular flexibility index (Phi) is 5.79. The number of benzene rings is 3. The van der Waals surface area contributed by atoms with E-state index in [0.717, 1.165) is 29.5 Å². The number of aryl methyl sites for hydroxylation is 1. The van der Waals surface area contributed by atoms with Gasteiger partial charge in [-0.2, -0.15) is 4.57 Å². The van der Waals surface area contributed by atoms with E-state index in [1.165, 1.54) is 27.4 Å². The van der Waals surface area contributed by atoms with Gasteiger partial charge in [-0.1, -0.05) is 30.8 Å². The highest BCUT2D eigenvalue weighted by Crippen LogP contribution is 2.33. The van der Waals surface area contributed by atoms with Gasteiger partial charge in [-0.05, 0) is 49.4 Å². The molecule has 29 heavy (non-hydrogen) atoms. The van der Waals surface area contributed by atoms with Crippen molar-refractivity contribution in [2.24, 2.45) is 5.73 Å². The molecule has 0 aliphatic carbocycles. The largest absolute Gasteiger partial charge is 0.399 e. The van der Waals surface area contributed by atoms with Gasteiger partial charge >= 0.3 is 0 Å². The van der Waals surface area contributed by atoms with Crippen LogP contribution in [-0.4, -0.2) is 5.91 Å². The number of amides is 1. The first-order chi connectivity index (χ1) is 14.0. The van der Waals surface area contributed by atoms with Gasteiger partial charge in [-0.3, -0.25) is 4.79 Å². The van der Waals surface area contributed by atoms with Gasteiger partial charge in [0.25, 0.3) is 0 Å². The third kappa shape index (κ3) is 4.04. The van der Waals surface area contributed by atoms with E-state index in [1.54, 1.807) is 0 Å². The average molecular weight is 385 g/mol. The van der Waals surface area contributed by atoms with E-state index < -0.39 is 5.91 Å². The van der Waals surface area contributed by atoms with Crippen LogP contribution >= 0.6 is 0 Å². The number of nitrogens with zero attached hydrogens (tertiary/aromatic N) is 1. The summed E-state index contributed by atoms with van der Waals surface area (Å²) in [6.45, 7) is 6.10. The Morgan fingerprint density at radius 2 is 1.52 bits per heavy atom. The minimum Gasteiger partial charge on any atom is -0.399 e. The Balaban J connectivity index is 0.000000431. The summed E-state index contributed by atoms with van der Waals surface area (Å²) in [6, 6.07) is 22.7. The van der Waals surface area contributed by atoms with Crippen molar-refractivity contribution in [2.45, 2.75) is 13.5 Å². The number of primary amides is 1. The number of hydrogen-bond acceptors (Lipinski definition) is 3. The number of hydrogen-bond donors (Lipinski definition) is 3. The average Bonchev–Trinajstić information content (AvgIpc) is 2.73. The fourth-order valence-corrected chi connectivity index (χ4v) is 3.49. The standard InChI is InChI=1S/C21H19N3.C3H5NO/c1-2-24-20-13-16(23)9-11-18(20)17-10-8-15(22)12-19(17)21(24)14-6-4-3-5-7-14;1-2-3(4)5/h3-13,23H,2,22H2,1H3;2H,1H2,(H2,4,5)/p+1. The highest BCUT2D eigenvalue weighted by molar-refractivity contribution is 6.10. The SMILES string of the molecule is C=CC(N)=O.CC[n+]1c(-c2ccccc2)c2cc(N)ccc2c2ccc(N)cc21. The quantitative estimate of drug-likeness (QED) is 0.216. The number of rotatable bonds is 3. The maximum absolute atomic E-state index is 9.47. The lowest BCUT2D eigenvalue weighted by Crippen LogP contribution is -2.36. The molecule has 0 saturated carbocycles. The Hall–Kier alpha value is -3.86. The zero-order chi connectivity index (χ0) is 21.0. The zero-order valence-electron chi connectivity index (χ0n) is 16.4. The Labute approximate surface area is 170 Å². The fourth-order valence-electron chi connectivity index (χ4n) is 3.49. The number of nitrogens with two attached hydrogens (primary N) is 3. The molecule has 1 aromatic heterocycles. The molecule has 0 bridgehead atoms. The smallest absolute Gasteiger partial charge is 0.240 e. The number of aromatic nitrogens is 1. The molecule has 0 aliphatic rings. The molecular weight excluding hydrogens is 360 g/mol. The predicted molar refractivity (Wildman–Crippen MR) is 121 cm³/mol. The monoisotopic (exact) mass is 385 g/mol. The van der Waals surface area contributed by atoms with Gasteiger partial charge in [0.1, 0.15) is 6.54 Å². The van der Waals surface area contributed by atoms with Crippen LogP contribution in [0.25, 0.3) is 32.9 Å². The van der Waals surface area contributed by atoms with Crippen LogP contribution in [0.5, 0.6) is 0 Å². The lowest BCUT2D eigenvalue weighted by atomic mass is 9.98. The van der Waals surface area contributed by atoms with Crippen molar-refractivity contribution in [3.05, 3.63) is 79.4 Å². The van der Waals surface area contributed by atoms with Gasteiger partial charge in [-0.15, -0.1) is 0 Å². The second kappa shape index (κ2) is 8.44. The number of carbonyl (C=O) groups is 1. The third-order valence-electron chi connectivity index (χ3n) is 4.74. The number of pyridine rings is 1. The van der Waals surface area contributed by atoms with Crippen LogP contribution < -0.4 is 21.8 Å². The minimum atomic E-state index is -0.481. The van der Waals surface area contributed by atoms with Gasteiger partial charge in [0.05, 0.1) is 10.8 Å². The second-order valence-electron chi connectivity index (χ2n) is 6.65. The molecule has 3 aromatic carbocycles. The predicted octanol–water partition coefficient (Wildman–Crippen LogP) is 3.79. The first-order valence-electron chi connectivity index (χ1n) is 9.37. The Morgan fingerprint density at radius 1 is 0.931 bits per heavy atom. The maximum atomic E-state index is 9.47. The van der Waals surface area contributed by atoms with Crippen LogP contribution in [0.1, 0.15) is 6.92 Å². The lowest BCUT2D eigenvalue weighted by molar-refractivity contribution is -0.655. The van der Waals surface area contributed by atoms with E-state index in [9.17, 15) is 4.79 Å². The summed E-state index contributed by atoms with van der Waals surface area (Å²) in [4.78, 5) is 9.47. The Bertz CT molecular complexity index is 1200. The van der Waals surface area contributed by atoms with Crippen molar-refractivity contribution in [1.82, 2.24) is 0 Å². The summed E-state index contributed by atoms with van der Waals surface area (Å²) in [5.41, 5.74) is 21.8. The molecule has 146 valence electrons. The molecule has 1 heterocycles. The topological polar surface area (TPSA) is 99.0 Å². The first kappa shape index (κ1) is 19.9. The summed E-state index contributed by atoms with van der Waals surface area (Å²) in [5.74, 6) is -0.481. The van der Waals surface area contributed by atoms with Crippen molar-refractivity contribution in [2.75, 3.05) is 11.5 Å². The fraction of sp³-hybridized carbons (Fsp3) is 0.0833. The summed E-state index contributed by atoms with van der Waals surface area (Å²) >= 11 is 0. The molecular formula is C24H25N4O+. The molecule has 5 nitrogen and oxygen atoms in total. The molecule has 5 heteroatoms. The summed E-state index contributed by atoms with van der Waals surface area (Å²) < 4.78 is 2.32. The van der Waals surface area contributed by atoms with Crippen LogP contribution in [0.3, 0.4) is 0 Å². The molecule has 6 N–H and O–H groups in total. The van der Waals surface area contributed by atoms with Crippen LogP contribution in [0.2, 0.25) is 0 Å². The van der Waals surface area contributed by atoms with E-state index in [0.29, 0.717) is 0 Å². The van der Waals surface area contributed by atoms with Gasteiger partial charge in [-0.25, -0.2) is 0 Å². The van der Waals surface area contributed by atoms with Gasteiger partial charge < -0.3 is 17.2 Å². The molecule has 0 fully saturated rings. The van der Waals surface area contributed by atoms with E-state index in [4.69, 9.17) is 11.5 Å². The van der Waals surface area contributed by atoms with Crippen molar-refractivity contribution in [1.29, 1.82) is 0 Å². The normalized spacial score (nSPS) is 10.4. The van der Waals surface area contributed by atoms with E-state index in [-0.39, 0.29) is 0 Å². The lowest BCUT2D eigenvalue weighted by Gasteiger charge is -2.12. The molecule has 0 aliphatic heterocycles. The Morgan fingerprint density at radius 3 is 2.10 bits per heavy atom. The van der Waals surface area contributed by atoms with Crippen LogP contribution in [0, 0.1) is 0 Å². The summed E-state index contributed by atoms with van der Waals surface area (Å²) in [7, 11) is 0. The second-order valence-corrected chi connectivity index (χ2v) is 6.65. The molecule has 4 aromatic rings. The van der Waals surface area contributed by atoms with Crippen molar-refractivity contribution in [3.8, 4) is 11.3 Å². The highest BCUT2D eigenvalue weighted by atomic mass is 16.1. The van der Waals surface area contributed by atoms with Gasteiger partial charge in [0, 0.05) is 28.4 Å². The molecule has 0 radical (unpaired) electrons. The van der Waals surface area contributed by atoms with E-state index in [1.807, 2.05) is 18.2 Å². The van der Waals surface area contributed by atoms with Crippen molar-refractivity contribution in [3.63, 3.8) is 0 Å². The maximum Gasteiger partial charge on any atom is 0.240 e. The highest BCUT2D eigenvalue weighted by Gasteiger charge is 2.22. The summed E-state index contributed by atoms with van der Waals surface area (Å²) in [5, 5.41) is 3.56. The van der Waals surface area contributed by atoms with E-state index >= 15 is 0 Å². The van der Waals surface area contributed by atoms with Crippen LogP contribution in [0.15, 0.2) is 79.4 Å². The molecule has 0 saturated heterocycles. The van der Waals surface area contributed by atoms with Crippen LogP contribution in [0.4, 0.5) is 11.4 Å². The third-order valence-corrected chi connectivity index (χ3v) is 4.74. The van der Waals surface area contributed by atoms with Crippen LogP contribution in [-0.2, 0) is 11.3 Å².